The molecule has 2 atom stereocenters. The van der Waals surface area contributed by atoms with Gasteiger partial charge in [0.25, 0.3) is 5.91 Å². The Balaban J connectivity index is 1.77. The number of nitrogens with one attached hydrogen (secondary N) is 1. The summed E-state index contributed by atoms with van der Waals surface area (Å²) in [6, 6.07) is 19.7. The SMILES string of the molecule is CCc1ccc(NC(=O)CN2C(=O)[C@@H]([C@@H](C)CC)N=C(c3ccccc3Cl)c3cc(Cl)ccc32)cc1. The lowest BCUT2D eigenvalue weighted by molar-refractivity contribution is -0.123. The number of carbonyl (C=O) groups excluding carboxylic acids is 2. The van der Waals surface area contributed by atoms with Crippen LogP contribution in [0.15, 0.2) is 71.7 Å². The summed E-state index contributed by atoms with van der Waals surface area (Å²) in [5.41, 5.74) is 4.41. The molecule has 1 aliphatic heterocycles. The first-order valence-corrected chi connectivity index (χ1v) is 12.9. The van der Waals surface area contributed by atoms with Crippen molar-refractivity contribution in [3.63, 3.8) is 0 Å². The molecule has 4 rings (SSSR count). The largest absolute Gasteiger partial charge is 0.325 e. The van der Waals surface area contributed by atoms with Crippen LogP contribution in [0.5, 0.6) is 0 Å². The molecular formula is C29H29Cl2N3O2. The van der Waals surface area contributed by atoms with Gasteiger partial charge in [-0.3, -0.25) is 14.6 Å². The van der Waals surface area contributed by atoms with E-state index >= 15 is 0 Å². The Bertz CT molecular complexity index is 1300. The van der Waals surface area contributed by atoms with Crippen molar-refractivity contribution in [2.75, 3.05) is 16.8 Å². The molecule has 1 aliphatic rings. The number of benzodiazepines with no additional fused rings is 1. The summed E-state index contributed by atoms with van der Waals surface area (Å²) in [6.45, 7) is 5.94. The molecule has 0 aromatic heterocycles. The molecule has 5 nitrogen and oxygen atoms in total. The zero-order chi connectivity index (χ0) is 25.8. The van der Waals surface area contributed by atoms with Crippen LogP contribution in [0.2, 0.25) is 10.0 Å². The second-order valence-electron chi connectivity index (χ2n) is 8.97. The van der Waals surface area contributed by atoms with Crippen molar-refractivity contribution in [3.05, 3.63) is 93.5 Å². The third kappa shape index (κ3) is 5.48. The van der Waals surface area contributed by atoms with E-state index in [-0.39, 0.29) is 24.3 Å². The number of nitrogens with zero attached hydrogens (tertiary/aromatic N) is 2. The zero-order valence-corrected chi connectivity index (χ0v) is 22.1. The molecule has 0 radical (unpaired) electrons. The third-order valence-electron chi connectivity index (χ3n) is 6.55. The van der Waals surface area contributed by atoms with Gasteiger partial charge in [-0.05, 0) is 54.3 Å². The predicted octanol–water partition coefficient (Wildman–Crippen LogP) is 6.79. The van der Waals surface area contributed by atoms with Crippen LogP contribution in [-0.2, 0) is 16.0 Å². The zero-order valence-electron chi connectivity index (χ0n) is 20.6. The summed E-state index contributed by atoms with van der Waals surface area (Å²) >= 11 is 13.0. The Morgan fingerprint density at radius 1 is 1.03 bits per heavy atom. The van der Waals surface area contributed by atoms with Crippen molar-refractivity contribution < 1.29 is 9.59 Å². The number of benzene rings is 3. The summed E-state index contributed by atoms with van der Waals surface area (Å²) in [6.07, 6.45) is 1.66. The van der Waals surface area contributed by atoms with Crippen molar-refractivity contribution in [2.45, 2.75) is 39.7 Å². The molecule has 0 fully saturated rings. The number of aryl methyl sites for hydroxylation is 1. The van der Waals surface area contributed by atoms with E-state index in [9.17, 15) is 9.59 Å². The van der Waals surface area contributed by atoms with E-state index in [0.717, 1.165) is 12.8 Å². The van der Waals surface area contributed by atoms with Gasteiger partial charge in [0.1, 0.15) is 12.6 Å². The molecule has 3 aromatic carbocycles. The quantitative estimate of drug-likeness (QED) is 0.371. The Morgan fingerprint density at radius 2 is 1.75 bits per heavy atom. The number of carbonyl (C=O) groups is 2. The minimum absolute atomic E-state index is 0.0491. The van der Waals surface area contributed by atoms with Crippen LogP contribution < -0.4 is 10.2 Å². The number of anilines is 2. The number of hydrogen-bond donors (Lipinski definition) is 1. The maximum atomic E-state index is 13.9. The highest BCUT2D eigenvalue weighted by molar-refractivity contribution is 6.37. The standard InChI is InChI=1S/C29H29Cl2N3O2/c1-4-18(3)27-29(36)34(17-26(35)32-21-13-10-19(5-2)11-14-21)25-15-12-20(30)16-23(25)28(33-27)22-8-6-7-9-24(22)31/h6-16,18,27H,4-5,17H2,1-3H3,(H,32,35)/t18-,27+/m0/s1. The average molecular weight is 522 g/mol. The predicted molar refractivity (Wildman–Crippen MR) is 149 cm³/mol. The van der Waals surface area contributed by atoms with Gasteiger partial charge >= 0.3 is 0 Å². The van der Waals surface area contributed by atoms with Crippen LogP contribution in [0.1, 0.15) is 43.9 Å². The smallest absolute Gasteiger partial charge is 0.252 e. The number of amides is 2. The molecule has 36 heavy (non-hydrogen) atoms. The highest BCUT2D eigenvalue weighted by Gasteiger charge is 2.36. The monoisotopic (exact) mass is 521 g/mol. The van der Waals surface area contributed by atoms with Gasteiger partial charge in [0.2, 0.25) is 5.91 Å². The first-order chi connectivity index (χ1) is 17.3. The van der Waals surface area contributed by atoms with Crippen molar-refractivity contribution in [1.82, 2.24) is 0 Å². The van der Waals surface area contributed by atoms with Crippen LogP contribution in [0, 0.1) is 5.92 Å². The van der Waals surface area contributed by atoms with E-state index in [0.29, 0.717) is 38.3 Å². The maximum absolute atomic E-state index is 13.9. The number of hydrogen-bond acceptors (Lipinski definition) is 3. The topological polar surface area (TPSA) is 61.8 Å². The molecule has 0 bridgehead atoms. The molecule has 0 unspecified atom stereocenters. The minimum Gasteiger partial charge on any atom is -0.325 e. The summed E-state index contributed by atoms with van der Waals surface area (Å²) in [5.74, 6) is -0.573. The van der Waals surface area contributed by atoms with Gasteiger partial charge in [0.15, 0.2) is 0 Å². The lowest BCUT2D eigenvalue weighted by atomic mass is 9.97. The summed E-state index contributed by atoms with van der Waals surface area (Å²) in [5, 5.41) is 3.95. The first-order valence-electron chi connectivity index (χ1n) is 12.1. The van der Waals surface area contributed by atoms with Crippen LogP contribution >= 0.6 is 23.2 Å². The summed E-state index contributed by atoms with van der Waals surface area (Å²) in [7, 11) is 0. The molecule has 3 aromatic rings. The summed E-state index contributed by atoms with van der Waals surface area (Å²) < 4.78 is 0. The van der Waals surface area contributed by atoms with Crippen molar-refractivity contribution >= 4 is 52.1 Å². The molecule has 186 valence electrons. The fourth-order valence-electron chi connectivity index (χ4n) is 4.27. The molecule has 0 saturated carbocycles. The summed E-state index contributed by atoms with van der Waals surface area (Å²) in [4.78, 5) is 33.5. The van der Waals surface area contributed by atoms with Crippen LogP contribution in [0.4, 0.5) is 11.4 Å². The highest BCUT2D eigenvalue weighted by Crippen LogP contribution is 2.34. The molecule has 1 heterocycles. The van der Waals surface area contributed by atoms with Crippen LogP contribution in [-0.4, -0.2) is 30.1 Å². The van der Waals surface area contributed by atoms with Gasteiger partial charge in [-0.1, -0.05) is 80.7 Å². The number of aliphatic imine (C=N–C) groups is 1. The van der Waals surface area contributed by atoms with Gasteiger partial charge in [0, 0.05) is 26.9 Å². The van der Waals surface area contributed by atoms with Gasteiger partial charge in [0.05, 0.1) is 11.4 Å². The van der Waals surface area contributed by atoms with E-state index < -0.39 is 6.04 Å². The second kappa shape index (κ2) is 11.3. The van der Waals surface area contributed by atoms with Gasteiger partial charge in [-0.2, -0.15) is 0 Å². The van der Waals surface area contributed by atoms with E-state index in [1.165, 1.54) is 10.5 Å². The normalized spacial score (nSPS) is 16.1. The number of fused-ring (bicyclic) bond motifs is 1. The molecule has 0 saturated heterocycles. The van der Waals surface area contributed by atoms with Gasteiger partial charge in [-0.15, -0.1) is 0 Å². The Morgan fingerprint density at radius 3 is 2.42 bits per heavy atom. The van der Waals surface area contributed by atoms with Crippen molar-refractivity contribution in [3.8, 4) is 0 Å². The van der Waals surface area contributed by atoms with Crippen LogP contribution in [0.3, 0.4) is 0 Å². The van der Waals surface area contributed by atoms with E-state index in [2.05, 4.69) is 12.2 Å². The fraction of sp³-hybridized carbons (Fsp3) is 0.276. The highest BCUT2D eigenvalue weighted by atomic mass is 35.5. The van der Waals surface area contributed by atoms with Gasteiger partial charge < -0.3 is 10.2 Å². The lowest BCUT2D eigenvalue weighted by Gasteiger charge is -2.26. The van der Waals surface area contributed by atoms with E-state index in [1.54, 1.807) is 24.3 Å². The molecule has 0 spiro atoms. The molecule has 0 aliphatic carbocycles. The third-order valence-corrected chi connectivity index (χ3v) is 7.12. The fourth-order valence-corrected chi connectivity index (χ4v) is 4.67. The second-order valence-corrected chi connectivity index (χ2v) is 9.82. The van der Waals surface area contributed by atoms with Crippen molar-refractivity contribution in [2.24, 2.45) is 10.9 Å². The van der Waals surface area contributed by atoms with Crippen molar-refractivity contribution in [1.29, 1.82) is 0 Å². The van der Waals surface area contributed by atoms with Gasteiger partial charge in [-0.25, -0.2) is 0 Å². The average Bonchev–Trinajstić information content (AvgIpc) is 2.99. The first kappa shape index (κ1) is 25.9. The van der Waals surface area contributed by atoms with E-state index in [1.807, 2.05) is 56.3 Å². The Labute approximate surface area is 222 Å². The Hall–Kier alpha value is -3.15. The number of rotatable bonds is 7. The van der Waals surface area contributed by atoms with E-state index in [4.69, 9.17) is 28.2 Å². The molecule has 1 N–H and O–H groups in total. The van der Waals surface area contributed by atoms with Crippen LogP contribution in [0.25, 0.3) is 0 Å². The minimum atomic E-state index is -0.677. The number of halogens is 2. The molecular weight excluding hydrogens is 493 g/mol. The molecule has 2 amide bonds. The lowest BCUT2D eigenvalue weighted by Crippen LogP contribution is -2.44. The Kier molecular flexibility index (Phi) is 8.12. The molecule has 7 heteroatoms. The maximum Gasteiger partial charge on any atom is 0.252 e.